The van der Waals surface area contributed by atoms with Crippen molar-refractivity contribution in [1.29, 1.82) is 0 Å². The Labute approximate surface area is 174 Å². The Morgan fingerprint density at radius 1 is 1.03 bits per heavy atom. The number of aryl methyl sites for hydroxylation is 1. The van der Waals surface area contributed by atoms with Gasteiger partial charge in [0.05, 0.1) is 0 Å². The first-order valence-corrected chi connectivity index (χ1v) is 9.45. The molecule has 30 heavy (non-hydrogen) atoms. The Kier molecular flexibility index (Phi) is 6.75. The molecule has 0 aliphatic heterocycles. The monoisotopic (exact) mass is 407 g/mol. The minimum absolute atomic E-state index is 0.246. The van der Waals surface area contributed by atoms with Gasteiger partial charge in [-0.2, -0.15) is 0 Å². The Hall–Kier alpha value is -3.74. The van der Waals surface area contributed by atoms with Crippen molar-refractivity contribution in [1.82, 2.24) is 15.6 Å². The molecule has 2 N–H and O–H groups in total. The molecule has 6 nitrogen and oxygen atoms in total. The summed E-state index contributed by atoms with van der Waals surface area (Å²) in [7, 11) is 1.54. The number of nitrogens with one attached hydrogen (secondary N) is 2. The first kappa shape index (κ1) is 21.0. The standard InChI is InChI=1S/C23H22FN3O3/c1-15-12-17(6-7-20(15)24)22(28)27-10-8-16-4-3-5-18(13-16)30-19-9-11-26-21(14-19)23(29)25-2/h3-7,9,11-14H,8,10H2,1-2H3,(H,25,29)(H,27,28). The Morgan fingerprint density at radius 3 is 2.60 bits per heavy atom. The molecule has 0 radical (unpaired) electrons. The molecule has 0 saturated carbocycles. The number of nitrogens with zero attached hydrogens (tertiary/aromatic N) is 1. The van der Waals surface area contributed by atoms with Gasteiger partial charge in [-0.25, -0.2) is 4.39 Å². The molecule has 2 aromatic carbocycles. The maximum atomic E-state index is 13.3. The molecule has 2 amide bonds. The van der Waals surface area contributed by atoms with Crippen LogP contribution in [0.15, 0.2) is 60.8 Å². The molecule has 0 aliphatic carbocycles. The summed E-state index contributed by atoms with van der Waals surface area (Å²) in [5.74, 6) is 0.244. The highest BCUT2D eigenvalue weighted by Crippen LogP contribution is 2.22. The van der Waals surface area contributed by atoms with Gasteiger partial charge in [0.2, 0.25) is 0 Å². The van der Waals surface area contributed by atoms with Crippen LogP contribution >= 0.6 is 0 Å². The maximum Gasteiger partial charge on any atom is 0.269 e. The van der Waals surface area contributed by atoms with Crippen LogP contribution in [0.25, 0.3) is 0 Å². The van der Waals surface area contributed by atoms with Crippen molar-refractivity contribution in [3.05, 3.63) is 89.0 Å². The molecular formula is C23H22FN3O3. The fourth-order valence-corrected chi connectivity index (χ4v) is 2.84. The summed E-state index contributed by atoms with van der Waals surface area (Å²) in [6.07, 6.45) is 2.11. The van der Waals surface area contributed by atoms with Gasteiger partial charge < -0.3 is 15.4 Å². The van der Waals surface area contributed by atoms with E-state index in [-0.39, 0.29) is 23.3 Å². The number of pyridine rings is 1. The summed E-state index contributed by atoms with van der Waals surface area (Å²) >= 11 is 0. The lowest BCUT2D eigenvalue weighted by Gasteiger charge is -2.10. The third kappa shape index (κ3) is 5.41. The second kappa shape index (κ2) is 9.65. The van der Waals surface area contributed by atoms with Gasteiger partial charge in [0, 0.05) is 31.4 Å². The number of halogens is 1. The first-order valence-electron chi connectivity index (χ1n) is 9.45. The minimum atomic E-state index is -0.333. The topological polar surface area (TPSA) is 80.3 Å². The highest BCUT2D eigenvalue weighted by Gasteiger charge is 2.09. The number of carbonyl (C=O) groups is 2. The molecule has 1 heterocycles. The van der Waals surface area contributed by atoms with Crippen molar-refractivity contribution in [2.24, 2.45) is 0 Å². The zero-order chi connectivity index (χ0) is 21.5. The molecular weight excluding hydrogens is 385 g/mol. The van der Waals surface area contributed by atoms with E-state index in [1.54, 1.807) is 19.1 Å². The second-order valence-electron chi connectivity index (χ2n) is 6.68. The quantitative estimate of drug-likeness (QED) is 0.627. The normalized spacial score (nSPS) is 10.4. The van der Waals surface area contributed by atoms with Crippen LogP contribution in [0.5, 0.6) is 11.5 Å². The predicted octanol–water partition coefficient (Wildman–Crippen LogP) is 3.65. The number of amides is 2. The van der Waals surface area contributed by atoms with E-state index < -0.39 is 0 Å². The lowest BCUT2D eigenvalue weighted by molar-refractivity contribution is 0.0947. The average molecular weight is 407 g/mol. The van der Waals surface area contributed by atoms with E-state index in [9.17, 15) is 14.0 Å². The molecule has 154 valence electrons. The van der Waals surface area contributed by atoms with Gasteiger partial charge in [0.25, 0.3) is 11.8 Å². The molecule has 7 heteroatoms. The average Bonchev–Trinajstić information content (AvgIpc) is 2.75. The Bertz CT molecular complexity index is 1070. The van der Waals surface area contributed by atoms with Crippen molar-refractivity contribution in [3.8, 4) is 11.5 Å². The van der Waals surface area contributed by atoms with E-state index >= 15 is 0 Å². The summed E-state index contributed by atoms with van der Waals surface area (Å²) in [4.78, 5) is 27.9. The number of rotatable bonds is 7. The van der Waals surface area contributed by atoms with Crippen molar-refractivity contribution in [3.63, 3.8) is 0 Å². The number of hydrogen-bond acceptors (Lipinski definition) is 4. The first-order chi connectivity index (χ1) is 14.5. The van der Waals surface area contributed by atoms with Gasteiger partial charge >= 0.3 is 0 Å². The van der Waals surface area contributed by atoms with Gasteiger partial charge in [-0.3, -0.25) is 14.6 Å². The molecule has 3 rings (SSSR count). The van der Waals surface area contributed by atoms with Crippen LogP contribution in [0.2, 0.25) is 0 Å². The molecule has 0 aliphatic rings. The fraction of sp³-hybridized carbons (Fsp3) is 0.174. The summed E-state index contributed by atoms with van der Waals surface area (Å²) in [6.45, 7) is 2.05. The van der Waals surface area contributed by atoms with Gasteiger partial charge in [-0.05, 0) is 60.9 Å². The number of hydrogen-bond donors (Lipinski definition) is 2. The molecule has 0 atom stereocenters. The maximum absolute atomic E-state index is 13.3. The molecule has 0 fully saturated rings. The van der Waals surface area contributed by atoms with Gasteiger partial charge in [-0.1, -0.05) is 12.1 Å². The minimum Gasteiger partial charge on any atom is -0.457 e. The number of aromatic nitrogens is 1. The Balaban J connectivity index is 1.58. The number of ether oxygens (including phenoxy) is 1. The van der Waals surface area contributed by atoms with Crippen molar-refractivity contribution in [2.75, 3.05) is 13.6 Å². The van der Waals surface area contributed by atoms with Crippen molar-refractivity contribution >= 4 is 11.8 Å². The van der Waals surface area contributed by atoms with Crippen LogP contribution in [0.1, 0.15) is 32.0 Å². The van der Waals surface area contributed by atoms with Crippen molar-refractivity contribution < 1.29 is 18.7 Å². The molecule has 0 bridgehead atoms. The van der Waals surface area contributed by atoms with Gasteiger partial charge in [0.1, 0.15) is 23.0 Å². The highest BCUT2D eigenvalue weighted by atomic mass is 19.1. The summed E-state index contributed by atoms with van der Waals surface area (Å²) in [6, 6.07) is 15.0. The third-order valence-electron chi connectivity index (χ3n) is 4.44. The third-order valence-corrected chi connectivity index (χ3v) is 4.44. The van der Waals surface area contributed by atoms with Crippen molar-refractivity contribution in [2.45, 2.75) is 13.3 Å². The predicted molar refractivity (Wildman–Crippen MR) is 111 cm³/mol. The van der Waals surface area contributed by atoms with Gasteiger partial charge in [-0.15, -0.1) is 0 Å². The molecule has 1 aromatic heterocycles. The van der Waals surface area contributed by atoms with Crippen LogP contribution in [0, 0.1) is 12.7 Å². The summed E-state index contributed by atoms with van der Waals surface area (Å²) in [5, 5.41) is 5.36. The van der Waals surface area contributed by atoms with E-state index in [1.165, 1.54) is 31.4 Å². The molecule has 0 unspecified atom stereocenters. The fourth-order valence-electron chi connectivity index (χ4n) is 2.84. The Morgan fingerprint density at radius 2 is 1.83 bits per heavy atom. The van der Waals surface area contributed by atoms with Gasteiger partial charge in [0.15, 0.2) is 0 Å². The van der Waals surface area contributed by atoms with Crippen LogP contribution in [0.4, 0.5) is 4.39 Å². The largest absolute Gasteiger partial charge is 0.457 e. The highest BCUT2D eigenvalue weighted by molar-refractivity contribution is 5.94. The lowest BCUT2D eigenvalue weighted by Crippen LogP contribution is -2.25. The smallest absolute Gasteiger partial charge is 0.269 e. The number of carbonyl (C=O) groups excluding carboxylic acids is 2. The van der Waals surface area contributed by atoms with E-state index in [2.05, 4.69) is 15.6 Å². The second-order valence-corrected chi connectivity index (χ2v) is 6.68. The van der Waals surface area contributed by atoms with Crippen LogP contribution in [0.3, 0.4) is 0 Å². The molecule has 0 spiro atoms. The van der Waals surface area contributed by atoms with Crippen LogP contribution < -0.4 is 15.4 Å². The van der Waals surface area contributed by atoms with Crippen LogP contribution in [-0.4, -0.2) is 30.4 Å². The van der Waals surface area contributed by atoms with E-state index in [0.717, 1.165) is 5.56 Å². The van der Waals surface area contributed by atoms with E-state index in [0.29, 0.717) is 35.6 Å². The summed E-state index contributed by atoms with van der Waals surface area (Å²) < 4.78 is 19.2. The van der Waals surface area contributed by atoms with Crippen LogP contribution in [-0.2, 0) is 6.42 Å². The SMILES string of the molecule is CNC(=O)c1cc(Oc2cccc(CCNC(=O)c3ccc(F)c(C)c3)c2)ccn1. The lowest BCUT2D eigenvalue weighted by atomic mass is 10.1. The van der Waals surface area contributed by atoms with E-state index in [4.69, 9.17) is 4.74 Å². The zero-order valence-corrected chi connectivity index (χ0v) is 16.7. The zero-order valence-electron chi connectivity index (χ0n) is 16.7. The number of benzene rings is 2. The summed E-state index contributed by atoms with van der Waals surface area (Å²) in [5.41, 5.74) is 2.10. The molecule has 0 saturated heterocycles. The van der Waals surface area contributed by atoms with E-state index in [1.807, 2.05) is 24.3 Å². The molecule has 3 aromatic rings.